The number of nitrogens with zero attached hydrogens (tertiary/aromatic N) is 1. The van der Waals surface area contributed by atoms with Crippen LogP contribution in [-0.2, 0) is 12.4 Å². The van der Waals surface area contributed by atoms with Crippen LogP contribution in [0.5, 0.6) is 17.4 Å². The number of benzene rings is 1. The molecule has 0 spiro atoms. The highest BCUT2D eigenvalue weighted by atomic mass is 35.5. The summed E-state index contributed by atoms with van der Waals surface area (Å²) in [6.07, 6.45) is -9.97. The lowest BCUT2D eigenvalue weighted by Gasteiger charge is -2.16. The molecule has 24 heavy (non-hydrogen) atoms. The van der Waals surface area contributed by atoms with Crippen LogP contribution in [0.1, 0.15) is 11.1 Å². The van der Waals surface area contributed by atoms with Crippen LogP contribution in [0.4, 0.5) is 26.3 Å². The van der Waals surface area contributed by atoms with E-state index in [1.807, 2.05) is 0 Å². The summed E-state index contributed by atoms with van der Waals surface area (Å²) in [5.74, 6) is -2.01. The van der Waals surface area contributed by atoms with Crippen LogP contribution in [0.3, 0.4) is 0 Å². The van der Waals surface area contributed by atoms with Gasteiger partial charge in [0.2, 0.25) is 5.88 Å². The largest absolute Gasteiger partial charge is 0.506 e. The third kappa shape index (κ3) is 3.96. The molecular formula is C13H5Cl2F6NO2. The Labute approximate surface area is 140 Å². The molecule has 130 valence electrons. The van der Waals surface area contributed by atoms with Gasteiger partial charge in [0, 0.05) is 18.3 Å². The van der Waals surface area contributed by atoms with E-state index < -0.39 is 40.9 Å². The Balaban J connectivity index is 2.53. The van der Waals surface area contributed by atoms with E-state index in [4.69, 9.17) is 27.9 Å². The number of hydrogen-bond donors (Lipinski definition) is 1. The molecule has 3 nitrogen and oxygen atoms in total. The van der Waals surface area contributed by atoms with E-state index in [1.54, 1.807) is 0 Å². The second kappa shape index (κ2) is 6.21. The van der Waals surface area contributed by atoms with E-state index >= 15 is 0 Å². The van der Waals surface area contributed by atoms with Crippen LogP contribution in [0.15, 0.2) is 24.4 Å². The maximum Gasteiger partial charge on any atom is 0.421 e. The van der Waals surface area contributed by atoms with Crippen molar-refractivity contribution >= 4 is 23.2 Å². The van der Waals surface area contributed by atoms with Gasteiger partial charge in [-0.2, -0.15) is 26.3 Å². The Hall–Kier alpha value is -1.87. The van der Waals surface area contributed by atoms with Gasteiger partial charge in [0.1, 0.15) is 17.1 Å². The molecule has 0 bridgehead atoms. The highest BCUT2D eigenvalue weighted by Gasteiger charge is 2.40. The van der Waals surface area contributed by atoms with E-state index in [9.17, 15) is 31.4 Å². The second-order valence-electron chi connectivity index (χ2n) is 4.41. The molecule has 2 aromatic rings. The fourth-order valence-electron chi connectivity index (χ4n) is 1.59. The molecule has 0 saturated carbocycles. The first-order valence-corrected chi connectivity index (χ1v) is 6.65. The van der Waals surface area contributed by atoms with Crippen LogP contribution in [-0.4, -0.2) is 10.1 Å². The summed E-state index contributed by atoms with van der Waals surface area (Å²) in [7, 11) is 0. The Bertz CT molecular complexity index is 776. The Morgan fingerprint density at radius 1 is 0.917 bits per heavy atom. The minimum absolute atomic E-state index is 0.127. The van der Waals surface area contributed by atoms with Gasteiger partial charge in [0.25, 0.3) is 0 Å². The van der Waals surface area contributed by atoms with Crippen LogP contribution >= 0.6 is 23.2 Å². The second-order valence-corrected chi connectivity index (χ2v) is 5.22. The first kappa shape index (κ1) is 18.5. The molecule has 1 aromatic carbocycles. The number of alkyl halides is 6. The van der Waals surface area contributed by atoms with Crippen LogP contribution in [0.25, 0.3) is 0 Å². The predicted octanol–water partition coefficient (Wildman–Crippen LogP) is 5.92. The van der Waals surface area contributed by atoms with Gasteiger partial charge in [0.15, 0.2) is 0 Å². The van der Waals surface area contributed by atoms with Gasteiger partial charge in [-0.05, 0) is 6.07 Å². The third-order valence-corrected chi connectivity index (χ3v) is 3.29. The summed E-state index contributed by atoms with van der Waals surface area (Å²) in [5, 5.41) is 8.71. The average molecular weight is 392 g/mol. The molecule has 0 aliphatic heterocycles. The number of ether oxygens (including phenoxy) is 1. The zero-order chi connectivity index (χ0) is 18.3. The highest BCUT2D eigenvalue weighted by Crippen LogP contribution is 2.42. The van der Waals surface area contributed by atoms with Crippen LogP contribution in [0.2, 0.25) is 10.0 Å². The molecule has 0 unspecified atom stereocenters. The summed E-state index contributed by atoms with van der Waals surface area (Å²) in [6, 6.07) is 1.67. The predicted molar refractivity (Wildman–Crippen MR) is 72.4 cm³/mol. The van der Waals surface area contributed by atoms with E-state index in [1.165, 1.54) is 0 Å². The smallest absolute Gasteiger partial charge is 0.421 e. The number of aromatic hydroxyl groups is 1. The summed E-state index contributed by atoms with van der Waals surface area (Å²) in [4.78, 5) is 3.07. The van der Waals surface area contributed by atoms with Crippen LogP contribution < -0.4 is 4.74 Å². The van der Waals surface area contributed by atoms with Crippen molar-refractivity contribution in [2.45, 2.75) is 12.4 Å². The number of halogens is 8. The summed E-state index contributed by atoms with van der Waals surface area (Å²) < 4.78 is 81.5. The number of hydrogen-bond acceptors (Lipinski definition) is 3. The Morgan fingerprint density at radius 3 is 2.08 bits per heavy atom. The lowest BCUT2D eigenvalue weighted by Crippen LogP contribution is -2.13. The fraction of sp³-hybridized carbons (Fsp3) is 0.154. The topological polar surface area (TPSA) is 42.4 Å². The minimum Gasteiger partial charge on any atom is -0.506 e. The molecule has 0 aliphatic carbocycles. The number of rotatable bonds is 2. The highest BCUT2D eigenvalue weighted by molar-refractivity contribution is 6.35. The van der Waals surface area contributed by atoms with Crippen molar-refractivity contribution < 1.29 is 36.2 Å². The molecule has 0 radical (unpaired) electrons. The first-order chi connectivity index (χ1) is 10.9. The standard InChI is InChI=1S/C13H5Cl2F6NO2/c14-7-3-10(8(15)2-9(7)23)24-11-6(13(19,20)21)1-5(4-22-11)12(16,17)18/h1-4,23H. The number of pyridine rings is 1. The van der Waals surface area contributed by atoms with Crippen molar-refractivity contribution in [1.82, 2.24) is 4.98 Å². The maximum atomic E-state index is 13.0. The Kier molecular flexibility index (Phi) is 4.78. The molecule has 11 heteroatoms. The molecule has 0 amide bonds. The zero-order valence-electron chi connectivity index (χ0n) is 11.1. The van der Waals surface area contributed by atoms with Gasteiger partial charge in [-0.15, -0.1) is 0 Å². The van der Waals surface area contributed by atoms with Gasteiger partial charge in [-0.1, -0.05) is 23.2 Å². The van der Waals surface area contributed by atoms with Crippen molar-refractivity contribution in [3.8, 4) is 17.4 Å². The summed E-state index contributed by atoms with van der Waals surface area (Å²) in [6.45, 7) is 0. The van der Waals surface area contributed by atoms with Gasteiger partial charge < -0.3 is 9.84 Å². The molecule has 0 atom stereocenters. The van der Waals surface area contributed by atoms with Crippen molar-refractivity contribution in [2.24, 2.45) is 0 Å². The van der Waals surface area contributed by atoms with Crippen LogP contribution in [0, 0.1) is 0 Å². The SMILES string of the molecule is Oc1cc(Cl)c(Oc2ncc(C(F)(F)F)cc2C(F)(F)F)cc1Cl. The number of phenols is 1. The van der Waals surface area contributed by atoms with Gasteiger partial charge in [-0.25, -0.2) is 4.98 Å². The molecule has 1 heterocycles. The quantitative estimate of drug-likeness (QED) is 0.645. The van der Waals surface area contributed by atoms with Gasteiger partial charge in [0.05, 0.1) is 15.6 Å². The van der Waals surface area contributed by atoms with E-state index in [-0.39, 0.29) is 22.3 Å². The minimum atomic E-state index is -5.16. The molecule has 0 saturated heterocycles. The number of phenolic OH excluding ortho intramolecular Hbond substituents is 1. The lowest BCUT2D eigenvalue weighted by molar-refractivity contribution is -0.144. The van der Waals surface area contributed by atoms with E-state index in [0.29, 0.717) is 0 Å². The molecule has 0 fully saturated rings. The van der Waals surface area contributed by atoms with Crippen molar-refractivity contribution in [3.63, 3.8) is 0 Å². The first-order valence-electron chi connectivity index (χ1n) is 5.90. The van der Waals surface area contributed by atoms with Crippen molar-refractivity contribution in [1.29, 1.82) is 0 Å². The maximum absolute atomic E-state index is 13.0. The number of aromatic nitrogens is 1. The summed E-state index contributed by atoms with van der Waals surface area (Å²) in [5.41, 5.74) is -3.32. The zero-order valence-corrected chi connectivity index (χ0v) is 12.6. The molecule has 1 aromatic heterocycles. The lowest BCUT2D eigenvalue weighted by atomic mass is 10.2. The monoisotopic (exact) mass is 391 g/mol. The average Bonchev–Trinajstić information content (AvgIpc) is 2.42. The molecule has 2 rings (SSSR count). The summed E-state index contributed by atoms with van der Waals surface area (Å²) >= 11 is 11.3. The van der Waals surface area contributed by atoms with Gasteiger partial charge in [-0.3, -0.25) is 0 Å². The third-order valence-electron chi connectivity index (χ3n) is 2.69. The van der Waals surface area contributed by atoms with Gasteiger partial charge >= 0.3 is 12.4 Å². The fourth-order valence-corrected chi connectivity index (χ4v) is 1.94. The van der Waals surface area contributed by atoms with Crippen molar-refractivity contribution in [2.75, 3.05) is 0 Å². The Morgan fingerprint density at radius 2 is 1.54 bits per heavy atom. The van der Waals surface area contributed by atoms with E-state index in [0.717, 1.165) is 12.1 Å². The van der Waals surface area contributed by atoms with Crippen molar-refractivity contribution in [3.05, 3.63) is 45.6 Å². The van der Waals surface area contributed by atoms with E-state index in [2.05, 4.69) is 4.98 Å². The molecule has 0 aliphatic rings. The normalized spacial score (nSPS) is 12.3. The molecule has 1 N–H and O–H groups in total. The molecular weight excluding hydrogens is 387 g/mol.